The smallest absolute Gasteiger partial charge is 0.257 e. The van der Waals surface area contributed by atoms with Crippen molar-refractivity contribution in [2.24, 2.45) is 0 Å². The highest BCUT2D eigenvalue weighted by atomic mass is 16.5. The Hall–Kier alpha value is -3.16. The third kappa shape index (κ3) is 5.00. The Balaban J connectivity index is 1.80. The molecule has 2 aromatic rings. The summed E-state index contributed by atoms with van der Waals surface area (Å²) in [5.74, 6) is 1.87. The van der Waals surface area contributed by atoms with Crippen molar-refractivity contribution in [3.8, 4) is 11.5 Å². The van der Waals surface area contributed by atoms with E-state index in [4.69, 9.17) is 19.4 Å². The second kappa shape index (κ2) is 9.97. The second-order valence-electron chi connectivity index (χ2n) is 8.35. The number of hydrogen-bond acceptors (Lipinski definition) is 6. The summed E-state index contributed by atoms with van der Waals surface area (Å²) in [7, 11) is 6.62. The van der Waals surface area contributed by atoms with Crippen molar-refractivity contribution in [3.05, 3.63) is 46.5 Å². The highest BCUT2D eigenvalue weighted by Crippen LogP contribution is 2.30. The lowest BCUT2D eigenvalue weighted by Crippen LogP contribution is -2.39. The highest BCUT2D eigenvalue weighted by molar-refractivity contribution is 5.97. The molecule has 3 rings (SSSR count). The number of hydrogen-bond donors (Lipinski definition) is 0. The molecule has 1 aromatic carbocycles. The summed E-state index contributed by atoms with van der Waals surface area (Å²) in [6.07, 6.45) is 2.08. The third-order valence-electron chi connectivity index (χ3n) is 5.98. The fraction of sp³-hybridized carbons (Fsp3) is 0.500. The van der Waals surface area contributed by atoms with Crippen molar-refractivity contribution in [2.75, 3.05) is 41.4 Å². The van der Waals surface area contributed by atoms with Gasteiger partial charge in [0.05, 0.1) is 26.2 Å². The van der Waals surface area contributed by atoms with Crippen LogP contribution in [0.15, 0.2) is 18.2 Å². The molecule has 1 aliphatic heterocycles. The zero-order chi connectivity index (χ0) is 23.4. The molecule has 32 heavy (non-hydrogen) atoms. The molecule has 1 aliphatic rings. The van der Waals surface area contributed by atoms with Gasteiger partial charge in [-0.15, -0.1) is 0 Å². The van der Waals surface area contributed by atoms with Crippen molar-refractivity contribution in [1.29, 1.82) is 0 Å². The Morgan fingerprint density at radius 3 is 2.41 bits per heavy atom. The summed E-state index contributed by atoms with van der Waals surface area (Å²) in [5, 5.41) is 0. The molecule has 0 bridgehead atoms. The van der Waals surface area contributed by atoms with Gasteiger partial charge in [-0.3, -0.25) is 9.59 Å². The largest absolute Gasteiger partial charge is 0.497 e. The fourth-order valence-electron chi connectivity index (χ4n) is 4.03. The summed E-state index contributed by atoms with van der Waals surface area (Å²) in [5.41, 5.74) is 3.03. The van der Waals surface area contributed by atoms with Crippen LogP contribution >= 0.6 is 0 Å². The number of aromatic nitrogens is 2. The number of likely N-dealkylation sites (N-methyl/N-ethyl adjacent to an activating group) is 1. The van der Waals surface area contributed by atoms with Crippen molar-refractivity contribution < 1.29 is 19.1 Å². The van der Waals surface area contributed by atoms with Gasteiger partial charge in [-0.05, 0) is 38.8 Å². The molecule has 0 saturated carbocycles. The van der Waals surface area contributed by atoms with E-state index in [-0.39, 0.29) is 24.2 Å². The minimum atomic E-state index is -0.0733. The number of carbonyl (C=O) groups is 2. The average molecular weight is 441 g/mol. The Morgan fingerprint density at radius 2 is 1.81 bits per heavy atom. The first-order chi connectivity index (χ1) is 15.2. The molecule has 0 aliphatic carbocycles. The van der Waals surface area contributed by atoms with Crippen LogP contribution in [0.2, 0.25) is 0 Å². The van der Waals surface area contributed by atoms with Gasteiger partial charge in [0.25, 0.3) is 5.91 Å². The van der Waals surface area contributed by atoms with E-state index in [0.717, 1.165) is 35.6 Å². The molecule has 0 radical (unpaired) electrons. The molecule has 1 fully saturated rings. The lowest BCUT2D eigenvalue weighted by atomic mass is 9.95. The van der Waals surface area contributed by atoms with Crippen LogP contribution in [0, 0.1) is 13.8 Å². The standard InChI is InChI=1S/C24H32N4O4/c1-15-20(13-22(29)27(3)4)16(2)26-23(25-15)17-8-7-11-28(14-17)24(30)19-10-9-18(31-5)12-21(19)32-6/h9-10,12,17H,7-8,11,13-14H2,1-6H3. The number of piperidine rings is 1. The monoisotopic (exact) mass is 440 g/mol. The van der Waals surface area contributed by atoms with Gasteiger partial charge in [0.2, 0.25) is 5.91 Å². The predicted molar refractivity (Wildman–Crippen MR) is 121 cm³/mol. The fourth-order valence-corrected chi connectivity index (χ4v) is 4.03. The van der Waals surface area contributed by atoms with E-state index in [2.05, 4.69) is 0 Å². The number of amides is 2. The normalized spacial score (nSPS) is 15.9. The van der Waals surface area contributed by atoms with Crippen LogP contribution in [0.5, 0.6) is 11.5 Å². The number of ether oxygens (including phenoxy) is 2. The van der Waals surface area contributed by atoms with E-state index < -0.39 is 0 Å². The molecule has 2 amide bonds. The molecule has 2 heterocycles. The molecular formula is C24H32N4O4. The first-order valence-corrected chi connectivity index (χ1v) is 10.8. The van der Waals surface area contributed by atoms with Crippen LogP contribution in [0.1, 0.15) is 51.9 Å². The average Bonchev–Trinajstić information content (AvgIpc) is 2.80. The number of likely N-dealkylation sites (tertiary alicyclic amines) is 1. The van der Waals surface area contributed by atoms with Gasteiger partial charge in [0.15, 0.2) is 0 Å². The molecule has 1 aromatic heterocycles. The maximum atomic E-state index is 13.3. The van der Waals surface area contributed by atoms with Crippen LogP contribution in [0.3, 0.4) is 0 Å². The number of nitrogens with zero attached hydrogens (tertiary/aromatic N) is 4. The molecule has 1 saturated heterocycles. The van der Waals surface area contributed by atoms with E-state index in [1.54, 1.807) is 51.4 Å². The van der Waals surface area contributed by atoms with Crippen molar-refractivity contribution in [2.45, 2.75) is 39.0 Å². The zero-order valence-corrected chi connectivity index (χ0v) is 19.8. The lowest BCUT2D eigenvalue weighted by molar-refractivity contribution is -0.128. The van der Waals surface area contributed by atoms with Crippen LogP contribution < -0.4 is 9.47 Å². The Kier molecular flexibility index (Phi) is 7.33. The summed E-state index contributed by atoms with van der Waals surface area (Å²) < 4.78 is 10.7. The summed E-state index contributed by atoms with van der Waals surface area (Å²) >= 11 is 0. The predicted octanol–water partition coefficient (Wildman–Crippen LogP) is 2.76. The van der Waals surface area contributed by atoms with E-state index in [9.17, 15) is 9.59 Å². The Labute approximate surface area is 189 Å². The van der Waals surface area contributed by atoms with Gasteiger partial charge in [0.1, 0.15) is 17.3 Å². The van der Waals surface area contributed by atoms with Crippen LogP contribution in [0.25, 0.3) is 0 Å². The SMILES string of the molecule is COc1ccc(C(=O)N2CCCC(c3nc(C)c(CC(=O)N(C)C)c(C)n3)C2)c(OC)c1. The van der Waals surface area contributed by atoms with Gasteiger partial charge < -0.3 is 19.3 Å². The molecule has 8 heteroatoms. The van der Waals surface area contributed by atoms with Crippen LogP contribution in [0.4, 0.5) is 0 Å². The zero-order valence-electron chi connectivity index (χ0n) is 19.8. The number of rotatable bonds is 6. The third-order valence-corrected chi connectivity index (χ3v) is 5.98. The van der Waals surface area contributed by atoms with Gasteiger partial charge in [-0.2, -0.15) is 0 Å². The van der Waals surface area contributed by atoms with Crippen molar-refractivity contribution in [3.63, 3.8) is 0 Å². The number of methoxy groups -OCH3 is 2. The van der Waals surface area contributed by atoms with Crippen molar-refractivity contribution >= 4 is 11.8 Å². The van der Waals surface area contributed by atoms with Gasteiger partial charge in [0, 0.05) is 56.1 Å². The summed E-state index contributed by atoms with van der Waals surface area (Å²) in [6.45, 7) is 5.07. The molecule has 1 atom stereocenters. The Morgan fingerprint density at radius 1 is 1.12 bits per heavy atom. The first kappa shape index (κ1) is 23.5. The van der Waals surface area contributed by atoms with Gasteiger partial charge in [-0.25, -0.2) is 9.97 Å². The van der Waals surface area contributed by atoms with E-state index in [0.29, 0.717) is 30.2 Å². The summed E-state index contributed by atoms with van der Waals surface area (Å²) in [6, 6.07) is 5.23. The molecular weight excluding hydrogens is 408 g/mol. The molecule has 0 N–H and O–H groups in total. The maximum Gasteiger partial charge on any atom is 0.257 e. The first-order valence-electron chi connectivity index (χ1n) is 10.8. The molecule has 0 spiro atoms. The second-order valence-corrected chi connectivity index (χ2v) is 8.35. The van der Waals surface area contributed by atoms with Gasteiger partial charge in [-0.1, -0.05) is 0 Å². The van der Waals surface area contributed by atoms with Crippen molar-refractivity contribution in [1.82, 2.24) is 19.8 Å². The Bertz CT molecular complexity index is 982. The molecule has 172 valence electrons. The molecule has 1 unspecified atom stereocenters. The van der Waals surface area contributed by atoms with Gasteiger partial charge >= 0.3 is 0 Å². The maximum absolute atomic E-state index is 13.3. The number of aryl methyl sites for hydroxylation is 2. The quantitative estimate of drug-likeness (QED) is 0.687. The minimum absolute atomic E-state index is 0.0235. The lowest BCUT2D eigenvalue weighted by Gasteiger charge is -2.32. The summed E-state index contributed by atoms with van der Waals surface area (Å²) in [4.78, 5) is 38.3. The number of benzene rings is 1. The van der Waals surface area contributed by atoms with E-state index in [1.165, 1.54) is 0 Å². The van der Waals surface area contributed by atoms with E-state index in [1.807, 2.05) is 18.7 Å². The van der Waals surface area contributed by atoms with E-state index >= 15 is 0 Å². The topological polar surface area (TPSA) is 84.9 Å². The van der Waals surface area contributed by atoms with Crippen LogP contribution in [-0.4, -0.2) is 73.0 Å². The highest BCUT2D eigenvalue weighted by Gasteiger charge is 2.29. The number of carbonyl (C=O) groups excluding carboxylic acids is 2. The van der Waals surface area contributed by atoms with Crippen LogP contribution in [-0.2, 0) is 11.2 Å². The molecule has 8 nitrogen and oxygen atoms in total. The minimum Gasteiger partial charge on any atom is -0.497 e.